The van der Waals surface area contributed by atoms with Gasteiger partial charge in [0, 0.05) is 11.8 Å². The minimum atomic E-state index is -0.688. The summed E-state index contributed by atoms with van der Waals surface area (Å²) in [6.45, 7) is 1.96. The second-order valence-electron chi connectivity index (χ2n) is 7.19. The number of nitrogens with one attached hydrogen (secondary N) is 2. The summed E-state index contributed by atoms with van der Waals surface area (Å²) in [5.41, 5.74) is 7.06. The molecule has 0 spiro atoms. The van der Waals surface area contributed by atoms with Crippen LogP contribution in [0.1, 0.15) is 24.5 Å². The number of hydrogen-bond donors (Lipinski definition) is 3. The number of anilines is 3. The average molecular weight is 463 g/mol. The number of hydrogen-bond acceptors (Lipinski definition) is 9. The zero-order valence-electron chi connectivity index (χ0n) is 19.2. The van der Waals surface area contributed by atoms with E-state index in [0.717, 1.165) is 11.3 Å². The summed E-state index contributed by atoms with van der Waals surface area (Å²) in [7, 11) is 3.15. The predicted octanol–water partition coefficient (Wildman–Crippen LogP) is 3.36. The fraction of sp³-hybridized carbons (Fsp3) is 0.250. The molecule has 1 aromatic heterocycles. The van der Waals surface area contributed by atoms with Gasteiger partial charge in [-0.05, 0) is 36.2 Å². The second-order valence-corrected chi connectivity index (χ2v) is 7.19. The van der Waals surface area contributed by atoms with Crippen molar-refractivity contribution in [2.45, 2.75) is 26.0 Å². The molecule has 2 aromatic carbocycles. The first-order valence-electron chi connectivity index (χ1n) is 10.5. The van der Waals surface area contributed by atoms with Crippen molar-refractivity contribution in [3.05, 3.63) is 59.7 Å². The van der Waals surface area contributed by atoms with Crippen LogP contribution in [-0.2, 0) is 11.4 Å². The Kier molecular flexibility index (Phi) is 8.07. The number of methoxy groups -OCH3 is 2. The van der Waals surface area contributed by atoms with Crippen molar-refractivity contribution in [2.75, 3.05) is 24.9 Å². The molecule has 1 amide bonds. The van der Waals surface area contributed by atoms with Crippen molar-refractivity contribution in [2.24, 2.45) is 5.73 Å². The molecule has 10 nitrogen and oxygen atoms in total. The number of nitrogens with zero attached hydrogens (tertiary/aromatic N) is 3. The van der Waals surface area contributed by atoms with E-state index in [1.807, 2.05) is 31.2 Å². The molecule has 0 aliphatic heterocycles. The second kappa shape index (κ2) is 11.4. The van der Waals surface area contributed by atoms with Crippen LogP contribution >= 0.6 is 0 Å². The zero-order chi connectivity index (χ0) is 24.5. The fourth-order valence-electron chi connectivity index (χ4n) is 3.04. The molecule has 1 atom stereocenters. The Balaban J connectivity index is 1.96. The highest BCUT2D eigenvalue weighted by Crippen LogP contribution is 2.29. The third kappa shape index (κ3) is 6.04. The molecule has 4 N–H and O–H groups in total. The smallest absolute Gasteiger partial charge is 0.239 e. The van der Waals surface area contributed by atoms with Crippen molar-refractivity contribution in [3.8, 4) is 23.4 Å². The highest BCUT2D eigenvalue weighted by molar-refractivity contribution is 5.82. The minimum absolute atomic E-state index is 0.0561. The van der Waals surface area contributed by atoms with Crippen LogP contribution in [0.15, 0.2) is 48.5 Å². The first kappa shape index (κ1) is 24.1. The van der Waals surface area contributed by atoms with Gasteiger partial charge in [-0.2, -0.15) is 15.2 Å². The van der Waals surface area contributed by atoms with E-state index >= 15 is 0 Å². The maximum absolute atomic E-state index is 11.7. The molecular formula is C24H26N6O4. The van der Waals surface area contributed by atoms with E-state index < -0.39 is 11.9 Å². The molecule has 0 aliphatic carbocycles. The number of aromatic nitrogens is 2. The van der Waals surface area contributed by atoms with Crippen molar-refractivity contribution in [1.29, 1.82) is 5.26 Å². The number of carbonyl (C=O) groups excluding carboxylic acids is 1. The molecule has 0 aliphatic rings. The van der Waals surface area contributed by atoms with Gasteiger partial charge in [0.25, 0.3) is 0 Å². The Morgan fingerprint density at radius 2 is 1.85 bits per heavy atom. The lowest BCUT2D eigenvalue weighted by molar-refractivity contribution is -0.118. The molecule has 0 unspecified atom stereocenters. The van der Waals surface area contributed by atoms with E-state index in [2.05, 4.69) is 26.7 Å². The van der Waals surface area contributed by atoms with Crippen LogP contribution in [0.3, 0.4) is 0 Å². The van der Waals surface area contributed by atoms with Crippen molar-refractivity contribution in [3.63, 3.8) is 0 Å². The summed E-state index contributed by atoms with van der Waals surface area (Å²) in [4.78, 5) is 20.5. The van der Waals surface area contributed by atoms with E-state index in [1.165, 1.54) is 0 Å². The van der Waals surface area contributed by atoms with Crippen molar-refractivity contribution >= 4 is 23.4 Å². The topological polar surface area (TPSA) is 144 Å². The van der Waals surface area contributed by atoms with Gasteiger partial charge in [-0.15, -0.1) is 0 Å². The maximum Gasteiger partial charge on any atom is 0.239 e. The number of carbonyl (C=O) groups is 1. The summed E-state index contributed by atoms with van der Waals surface area (Å²) in [5.74, 6) is 1.17. The molecule has 3 aromatic rings. The van der Waals surface area contributed by atoms with Crippen LogP contribution in [0.2, 0.25) is 0 Å². The summed E-state index contributed by atoms with van der Waals surface area (Å²) in [5, 5.41) is 15.9. The molecule has 0 saturated heterocycles. The number of nitriles is 1. The molecule has 0 radical (unpaired) electrons. The Labute approximate surface area is 197 Å². The fourth-order valence-corrected chi connectivity index (χ4v) is 3.04. The summed E-state index contributed by atoms with van der Waals surface area (Å²) < 4.78 is 16.3. The lowest BCUT2D eigenvalue weighted by Gasteiger charge is -2.17. The zero-order valence-corrected chi connectivity index (χ0v) is 19.2. The largest absolute Gasteiger partial charge is 0.497 e. The van der Waals surface area contributed by atoms with Gasteiger partial charge in [0.15, 0.2) is 11.4 Å². The summed E-state index contributed by atoms with van der Waals surface area (Å²) in [6, 6.07) is 15.9. The number of benzene rings is 2. The number of ether oxygens (including phenoxy) is 3. The van der Waals surface area contributed by atoms with Crippen molar-refractivity contribution in [1.82, 2.24) is 9.97 Å². The Bertz CT molecular complexity index is 1180. The summed E-state index contributed by atoms with van der Waals surface area (Å²) in [6.07, 6.45) is 0.430. The number of primary amides is 1. The average Bonchev–Trinajstić information content (AvgIpc) is 2.86. The molecule has 34 heavy (non-hydrogen) atoms. The quantitative estimate of drug-likeness (QED) is 0.390. The van der Waals surface area contributed by atoms with E-state index in [-0.39, 0.29) is 29.8 Å². The lowest BCUT2D eigenvalue weighted by Crippen LogP contribution is -2.35. The molecule has 0 saturated carbocycles. The Morgan fingerprint density at radius 3 is 2.47 bits per heavy atom. The van der Waals surface area contributed by atoms with Crippen LogP contribution in [0, 0.1) is 11.3 Å². The van der Waals surface area contributed by atoms with Gasteiger partial charge in [0.2, 0.25) is 17.7 Å². The van der Waals surface area contributed by atoms with Crippen LogP contribution in [0.25, 0.3) is 0 Å². The third-order valence-corrected chi connectivity index (χ3v) is 4.91. The van der Waals surface area contributed by atoms with Gasteiger partial charge in [0.05, 0.1) is 14.2 Å². The van der Waals surface area contributed by atoms with Crippen LogP contribution in [0.5, 0.6) is 17.4 Å². The first-order valence-corrected chi connectivity index (χ1v) is 10.5. The molecule has 1 heterocycles. The first-order chi connectivity index (χ1) is 16.5. The van der Waals surface area contributed by atoms with Crippen molar-refractivity contribution < 1.29 is 19.0 Å². The standard InChI is InChI=1S/C24H26N6O4/c1-4-20(21(26)31)28-24-29-22(27-16-6-5-7-18(12-16)33-3)19(13-25)23(30-24)34-14-15-8-10-17(32-2)11-9-15/h5-12,20H,4,14H2,1-3H3,(H2,26,31)(H2,27,28,29,30)/t20-/m1/s1. The van der Waals surface area contributed by atoms with E-state index in [9.17, 15) is 10.1 Å². The number of rotatable bonds is 11. The van der Waals surface area contributed by atoms with Crippen LogP contribution < -0.4 is 30.6 Å². The van der Waals surface area contributed by atoms with Gasteiger partial charge in [0.1, 0.15) is 30.2 Å². The van der Waals surface area contributed by atoms with Gasteiger partial charge >= 0.3 is 0 Å². The van der Waals surface area contributed by atoms with E-state index in [0.29, 0.717) is 17.9 Å². The number of nitrogens with two attached hydrogens (primary N) is 1. The van der Waals surface area contributed by atoms with E-state index in [4.69, 9.17) is 19.9 Å². The van der Waals surface area contributed by atoms with Gasteiger partial charge in [-0.3, -0.25) is 4.79 Å². The highest BCUT2D eigenvalue weighted by Gasteiger charge is 2.20. The van der Waals surface area contributed by atoms with Crippen LogP contribution in [-0.4, -0.2) is 36.1 Å². The predicted molar refractivity (Wildman–Crippen MR) is 127 cm³/mol. The van der Waals surface area contributed by atoms with E-state index in [1.54, 1.807) is 38.5 Å². The molecule has 176 valence electrons. The number of amides is 1. The highest BCUT2D eigenvalue weighted by atomic mass is 16.5. The monoisotopic (exact) mass is 462 g/mol. The third-order valence-electron chi connectivity index (χ3n) is 4.91. The lowest BCUT2D eigenvalue weighted by atomic mass is 10.2. The Hall–Kier alpha value is -4.52. The Morgan fingerprint density at radius 1 is 1.12 bits per heavy atom. The van der Waals surface area contributed by atoms with Gasteiger partial charge in [-0.25, -0.2) is 0 Å². The normalized spacial score (nSPS) is 11.1. The maximum atomic E-state index is 11.7. The molecule has 10 heteroatoms. The minimum Gasteiger partial charge on any atom is -0.497 e. The SMILES string of the molecule is CC[C@@H](Nc1nc(Nc2cccc(OC)c2)c(C#N)c(OCc2ccc(OC)cc2)n1)C(N)=O. The van der Waals surface area contributed by atoms with Gasteiger partial charge < -0.3 is 30.6 Å². The van der Waals surface area contributed by atoms with Gasteiger partial charge in [-0.1, -0.05) is 25.1 Å². The molecule has 0 fully saturated rings. The summed E-state index contributed by atoms with van der Waals surface area (Å²) >= 11 is 0. The molecule has 0 bridgehead atoms. The molecular weight excluding hydrogens is 436 g/mol. The molecule has 3 rings (SSSR count). The van der Waals surface area contributed by atoms with Crippen LogP contribution in [0.4, 0.5) is 17.5 Å².